The Morgan fingerprint density at radius 2 is 1.66 bits per heavy atom. The van der Waals surface area contributed by atoms with Crippen LogP contribution in [0.4, 0.5) is 19.3 Å². The molecule has 0 aliphatic carbocycles. The van der Waals surface area contributed by atoms with Crippen molar-refractivity contribution in [2.75, 3.05) is 31.1 Å². The highest BCUT2D eigenvalue weighted by Gasteiger charge is 2.47. The highest BCUT2D eigenvalue weighted by molar-refractivity contribution is 5.90. The first-order valence-electron chi connectivity index (χ1n) is 12.4. The number of nitrogens with zero attached hydrogens (tertiary/aromatic N) is 2. The molecule has 2 heterocycles. The zero-order valence-corrected chi connectivity index (χ0v) is 21.0. The van der Waals surface area contributed by atoms with Crippen molar-refractivity contribution in [1.82, 2.24) is 4.90 Å². The normalized spacial score (nSPS) is 16.4. The Kier molecular flexibility index (Phi) is 8.51. The van der Waals surface area contributed by atoms with Crippen LogP contribution in [0.3, 0.4) is 0 Å². The topological polar surface area (TPSA) is 76.2 Å². The molecular formula is C29H28F2N2O5. The number of piperidine rings is 1. The largest absolute Gasteiger partial charge is 0.494 e. The molecule has 0 saturated carbocycles. The Labute approximate surface area is 219 Å². The minimum atomic E-state index is -0.601. The van der Waals surface area contributed by atoms with Crippen molar-refractivity contribution in [3.05, 3.63) is 83.9 Å². The number of likely N-dealkylation sites (tertiary alicyclic amines) is 1. The van der Waals surface area contributed by atoms with E-state index in [4.69, 9.17) is 19.1 Å². The molecular weight excluding hydrogens is 494 g/mol. The molecule has 0 atom stereocenters. The van der Waals surface area contributed by atoms with E-state index >= 15 is 0 Å². The Bertz CT molecular complexity index is 1300. The van der Waals surface area contributed by atoms with Gasteiger partial charge in [0.2, 0.25) is 0 Å². The summed E-state index contributed by atoms with van der Waals surface area (Å²) in [7, 11) is 0. The number of hydrogen-bond acceptors (Lipinski definition) is 6. The molecule has 2 aliphatic heterocycles. The van der Waals surface area contributed by atoms with Gasteiger partial charge in [-0.1, -0.05) is 24.3 Å². The summed E-state index contributed by atoms with van der Waals surface area (Å²) < 4.78 is 39.7. The van der Waals surface area contributed by atoms with E-state index in [0.29, 0.717) is 49.4 Å². The average molecular weight is 523 g/mol. The highest BCUT2D eigenvalue weighted by Crippen LogP contribution is 2.37. The highest BCUT2D eigenvalue weighted by atomic mass is 19.1. The van der Waals surface area contributed by atoms with E-state index in [0.717, 1.165) is 30.4 Å². The van der Waals surface area contributed by atoms with Crippen LogP contribution in [0, 0.1) is 11.6 Å². The van der Waals surface area contributed by atoms with Crippen LogP contribution >= 0.6 is 0 Å². The average Bonchev–Trinajstić information content (AvgIpc) is 3.23. The summed E-state index contributed by atoms with van der Waals surface area (Å²) in [6.45, 7) is 5.04. The summed E-state index contributed by atoms with van der Waals surface area (Å²) in [5.74, 6) is -0.479. The van der Waals surface area contributed by atoms with E-state index in [-0.39, 0.29) is 12.2 Å². The van der Waals surface area contributed by atoms with Crippen molar-refractivity contribution < 1.29 is 32.6 Å². The smallest absolute Gasteiger partial charge is 0.415 e. The SMILES string of the molecule is CCOc1ccc(-c2ccc(F)cc2F)c(CN2CCC3(CC2)CN(c2ccccc2)C(=O)O3)c1.O=C=O. The lowest BCUT2D eigenvalue weighted by atomic mass is 9.90. The number of rotatable bonds is 6. The quantitative estimate of drug-likeness (QED) is 0.429. The van der Waals surface area contributed by atoms with Crippen molar-refractivity contribution in [3.8, 4) is 16.9 Å². The summed E-state index contributed by atoms with van der Waals surface area (Å²) >= 11 is 0. The lowest BCUT2D eigenvalue weighted by Crippen LogP contribution is -2.46. The molecule has 0 bridgehead atoms. The monoisotopic (exact) mass is 522 g/mol. The maximum absolute atomic E-state index is 14.6. The fraction of sp³-hybridized carbons (Fsp3) is 0.310. The van der Waals surface area contributed by atoms with Crippen LogP contribution in [0.5, 0.6) is 5.75 Å². The Balaban J connectivity index is 0.00000107. The van der Waals surface area contributed by atoms with Gasteiger partial charge in [0.25, 0.3) is 0 Å². The third-order valence-corrected chi connectivity index (χ3v) is 6.81. The molecule has 0 unspecified atom stereocenters. The number of carbonyl (C=O) groups excluding carboxylic acids is 3. The fourth-order valence-corrected chi connectivity index (χ4v) is 4.98. The molecule has 5 rings (SSSR count). The summed E-state index contributed by atoms with van der Waals surface area (Å²) in [4.78, 5) is 32.8. The molecule has 2 aliphatic rings. The summed E-state index contributed by atoms with van der Waals surface area (Å²) in [6.07, 6.45) is 1.38. The van der Waals surface area contributed by atoms with E-state index in [1.807, 2.05) is 55.5 Å². The van der Waals surface area contributed by atoms with Crippen molar-refractivity contribution in [2.24, 2.45) is 0 Å². The lowest BCUT2D eigenvalue weighted by molar-refractivity contribution is -0.191. The maximum atomic E-state index is 14.6. The zero-order valence-electron chi connectivity index (χ0n) is 21.0. The molecule has 2 fully saturated rings. The fourth-order valence-electron chi connectivity index (χ4n) is 4.98. The van der Waals surface area contributed by atoms with Crippen molar-refractivity contribution in [2.45, 2.75) is 31.9 Å². The van der Waals surface area contributed by atoms with Gasteiger partial charge >= 0.3 is 12.2 Å². The molecule has 38 heavy (non-hydrogen) atoms. The third kappa shape index (κ3) is 6.07. The summed E-state index contributed by atoms with van der Waals surface area (Å²) in [5, 5.41) is 0. The molecule has 2 saturated heterocycles. The number of anilines is 1. The van der Waals surface area contributed by atoms with Crippen molar-refractivity contribution in [1.29, 1.82) is 0 Å². The number of para-hydroxylation sites is 1. The van der Waals surface area contributed by atoms with Gasteiger partial charge in [0.1, 0.15) is 23.0 Å². The first-order valence-corrected chi connectivity index (χ1v) is 12.4. The number of halogens is 2. The molecule has 0 radical (unpaired) electrons. The van der Waals surface area contributed by atoms with Crippen molar-refractivity contribution in [3.63, 3.8) is 0 Å². The summed E-state index contributed by atoms with van der Waals surface area (Å²) in [5.41, 5.74) is 2.33. The zero-order chi connectivity index (χ0) is 27.1. The van der Waals surface area contributed by atoms with Crippen LogP contribution in [-0.4, -0.2) is 49.0 Å². The van der Waals surface area contributed by atoms with Crippen LogP contribution in [-0.2, 0) is 20.9 Å². The number of amides is 1. The molecule has 1 amide bonds. The first kappa shape index (κ1) is 27.0. The van der Waals surface area contributed by atoms with Crippen LogP contribution in [0.25, 0.3) is 11.1 Å². The van der Waals surface area contributed by atoms with Crippen molar-refractivity contribution >= 4 is 17.9 Å². The van der Waals surface area contributed by atoms with Gasteiger partial charge in [-0.05, 0) is 54.4 Å². The molecule has 3 aromatic rings. The van der Waals surface area contributed by atoms with Crippen LogP contribution in [0.1, 0.15) is 25.3 Å². The molecule has 7 nitrogen and oxygen atoms in total. The Morgan fingerprint density at radius 1 is 0.974 bits per heavy atom. The molecule has 198 valence electrons. The lowest BCUT2D eigenvalue weighted by Gasteiger charge is -2.37. The van der Waals surface area contributed by atoms with E-state index in [9.17, 15) is 13.6 Å². The van der Waals surface area contributed by atoms with Gasteiger partial charge in [-0.2, -0.15) is 9.59 Å². The van der Waals surface area contributed by atoms with Gasteiger partial charge in [0, 0.05) is 49.8 Å². The van der Waals surface area contributed by atoms with E-state index in [2.05, 4.69) is 4.90 Å². The van der Waals surface area contributed by atoms with E-state index < -0.39 is 17.2 Å². The van der Waals surface area contributed by atoms with Gasteiger partial charge < -0.3 is 9.47 Å². The number of hydrogen-bond donors (Lipinski definition) is 0. The van der Waals surface area contributed by atoms with Crippen LogP contribution < -0.4 is 9.64 Å². The Hall–Kier alpha value is -4.07. The minimum absolute atomic E-state index is 0.250. The van der Waals surface area contributed by atoms with E-state index in [1.165, 1.54) is 12.1 Å². The number of benzene rings is 3. The molecule has 3 aromatic carbocycles. The van der Waals surface area contributed by atoms with E-state index in [1.54, 1.807) is 4.90 Å². The van der Waals surface area contributed by atoms with Gasteiger partial charge in [-0.25, -0.2) is 13.6 Å². The van der Waals surface area contributed by atoms with Gasteiger partial charge in [-0.3, -0.25) is 9.80 Å². The van der Waals surface area contributed by atoms with Crippen LogP contribution in [0.15, 0.2) is 66.7 Å². The molecule has 0 aromatic heterocycles. The van der Waals surface area contributed by atoms with Gasteiger partial charge in [0.05, 0.1) is 13.2 Å². The molecule has 0 N–H and O–H groups in total. The molecule has 9 heteroatoms. The maximum Gasteiger partial charge on any atom is 0.415 e. The van der Waals surface area contributed by atoms with Gasteiger partial charge in [0.15, 0.2) is 0 Å². The van der Waals surface area contributed by atoms with Gasteiger partial charge in [-0.15, -0.1) is 0 Å². The standard InChI is InChI=1S/C28H28F2N2O3.CO2/c1-2-34-23-9-11-24(25-10-8-21(29)17-26(25)30)20(16-23)18-31-14-12-28(13-15-31)19-32(27(33)35-28)22-6-4-3-5-7-22;2-1-3/h3-11,16-17H,2,12-15,18-19H2,1H3;. The second-order valence-corrected chi connectivity index (χ2v) is 9.21. The summed E-state index contributed by atoms with van der Waals surface area (Å²) in [6, 6.07) is 18.8. The number of carbonyl (C=O) groups is 1. The second kappa shape index (κ2) is 12.0. The third-order valence-electron chi connectivity index (χ3n) is 6.81. The molecule has 1 spiro atoms. The Morgan fingerprint density at radius 3 is 2.32 bits per heavy atom. The predicted octanol–water partition coefficient (Wildman–Crippen LogP) is 5.44. The minimum Gasteiger partial charge on any atom is -0.494 e. The first-order chi connectivity index (χ1) is 18.4. The number of ether oxygens (including phenoxy) is 2. The predicted molar refractivity (Wildman–Crippen MR) is 135 cm³/mol. The van der Waals surface area contributed by atoms with Crippen LogP contribution in [0.2, 0.25) is 0 Å². The second-order valence-electron chi connectivity index (χ2n) is 9.21.